The van der Waals surface area contributed by atoms with Crippen molar-refractivity contribution in [2.24, 2.45) is 11.3 Å². The van der Waals surface area contributed by atoms with Gasteiger partial charge in [0.25, 0.3) is 5.91 Å². The molecule has 260 valence electrons. The summed E-state index contributed by atoms with van der Waals surface area (Å²) in [6.45, 7) is 11.4. The van der Waals surface area contributed by atoms with Gasteiger partial charge in [-0.25, -0.2) is 13.4 Å². The molecule has 2 heterocycles. The maximum Gasteiger partial charge on any atom is 0.259 e. The number of hydrogen-bond acceptors (Lipinski definition) is 8. The molecule has 0 spiro atoms. The van der Waals surface area contributed by atoms with Gasteiger partial charge in [0.1, 0.15) is 23.7 Å². The molecular formula is C35H47N5O7S. The lowest BCUT2D eigenvalue weighted by molar-refractivity contribution is -0.144. The van der Waals surface area contributed by atoms with Gasteiger partial charge in [0.2, 0.25) is 33.6 Å². The molecule has 13 heteroatoms. The van der Waals surface area contributed by atoms with E-state index in [2.05, 4.69) is 26.9 Å². The van der Waals surface area contributed by atoms with E-state index in [0.29, 0.717) is 25.1 Å². The van der Waals surface area contributed by atoms with Gasteiger partial charge < -0.3 is 20.3 Å². The lowest BCUT2D eigenvalue weighted by Crippen LogP contribution is -2.60. The van der Waals surface area contributed by atoms with Crippen molar-refractivity contribution in [1.82, 2.24) is 25.2 Å². The molecule has 0 unspecified atom stereocenters. The van der Waals surface area contributed by atoms with Gasteiger partial charge in [0, 0.05) is 30.3 Å². The Morgan fingerprint density at radius 1 is 1.15 bits per heavy atom. The Morgan fingerprint density at radius 2 is 1.88 bits per heavy atom. The summed E-state index contributed by atoms with van der Waals surface area (Å²) < 4.78 is 33.8. The number of carbonyl (C=O) groups is 4. The number of carbonyl (C=O) groups excluding carboxylic acids is 4. The highest BCUT2D eigenvalue weighted by molar-refractivity contribution is 7.91. The highest BCUT2D eigenvalue weighted by Gasteiger charge is 2.62. The number of sulfonamides is 1. The highest BCUT2D eigenvalue weighted by Crippen LogP contribution is 2.45. The maximum atomic E-state index is 14.4. The number of unbranched alkanes of at least 4 members (excludes halogenated alkanes) is 2. The number of nitrogens with zero attached hydrogens (tertiary/aromatic N) is 2. The van der Waals surface area contributed by atoms with Crippen molar-refractivity contribution >= 4 is 44.4 Å². The second kappa shape index (κ2) is 13.9. The van der Waals surface area contributed by atoms with Crippen LogP contribution in [0.2, 0.25) is 0 Å². The number of pyridine rings is 1. The first-order valence-corrected chi connectivity index (χ1v) is 18.4. The summed E-state index contributed by atoms with van der Waals surface area (Å²) in [5, 5.41) is 6.79. The van der Waals surface area contributed by atoms with E-state index in [1.807, 2.05) is 58.0 Å². The minimum Gasteiger partial charge on any atom is -0.472 e. The standard InChI is InChI=1S/C35H47N5O7S/c1-6-8-9-14-28(41)37-29(34(3,4)5)32(43)40-21-24(47-31-26-13-11-10-12-22(26)17-18-36-31)19-27(40)30(42)38-35(20-23(35)7-2)33(44)39-48(45,46)25-15-16-25/h7,10-13,17-18,23-25,27,29H,2,6,8-9,14-16,19-21H2,1,3-5H3,(H,37,41)(H,38,42)(H,39,44)/t23-,24-,27+,29-,35-/m1/s1. The van der Waals surface area contributed by atoms with Gasteiger partial charge in [-0.1, -0.05) is 64.8 Å². The number of fused-ring (bicyclic) bond motifs is 1. The van der Waals surface area contributed by atoms with E-state index in [0.717, 1.165) is 23.6 Å². The molecule has 1 aromatic carbocycles. The first-order chi connectivity index (χ1) is 22.7. The zero-order valence-corrected chi connectivity index (χ0v) is 29.0. The van der Waals surface area contributed by atoms with Crippen molar-refractivity contribution < 1.29 is 32.3 Å². The van der Waals surface area contributed by atoms with Crippen LogP contribution in [0.1, 0.15) is 79.1 Å². The Bertz CT molecular complexity index is 1680. The molecule has 1 saturated heterocycles. The average molecular weight is 682 g/mol. The second-order valence-electron chi connectivity index (χ2n) is 14.3. The number of amides is 4. The van der Waals surface area contributed by atoms with Gasteiger partial charge in [-0.15, -0.1) is 6.58 Å². The molecule has 3 fully saturated rings. The van der Waals surface area contributed by atoms with E-state index >= 15 is 0 Å². The quantitative estimate of drug-likeness (QED) is 0.202. The minimum absolute atomic E-state index is 0.0280. The Morgan fingerprint density at radius 3 is 2.52 bits per heavy atom. The van der Waals surface area contributed by atoms with Crippen LogP contribution in [0.3, 0.4) is 0 Å². The van der Waals surface area contributed by atoms with Gasteiger partial charge in [0.05, 0.1) is 11.8 Å². The van der Waals surface area contributed by atoms with Crippen molar-refractivity contribution in [2.75, 3.05) is 6.54 Å². The number of ether oxygens (including phenoxy) is 1. The Balaban J connectivity index is 1.41. The van der Waals surface area contributed by atoms with Gasteiger partial charge in [-0.05, 0) is 48.6 Å². The third-order valence-corrected chi connectivity index (χ3v) is 11.3. The molecular weight excluding hydrogens is 634 g/mol. The molecule has 3 aliphatic rings. The summed E-state index contributed by atoms with van der Waals surface area (Å²) in [6, 6.07) is 7.43. The molecule has 1 aliphatic heterocycles. The van der Waals surface area contributed by atoms with E-state index in [1.165, 1.54) is 11.0 Å². The maximum absolute atomic E-state index is 14.4. The monoisotopic (exact) mass is 681 g/mol. The Labute approximate surface area is 282 Å². The fourth-order valence-electron chi connectivity index (χ4n) is 6.32. The average Bonchev–Trinajstić information content (AvgIpc) is 3.96. The van der Waals surface area contributed by atoms with Crippen LogP contribution in [0.25, 0.3) is 10.8 Å². The molecule has 2 saturated carbocycles. The zero-order chi connectivity index (χ0) is 34.9. The van der Waals surface area contributed by atoms with E-state index in [9.17, 15) is 27.6 Å². The first kappa shape index (κ1) is 35.3. The summed E-state index contributed by atoms with van der Waals surface area (Å²) in [5.74, 6) is -2.26. The smallest absolute Gasteiger partial charge is 0.259 e. The summed E-state index contributed by atoms with van der Waals surface area (Å²) >= 11 is 0. The number of nitrogens with one attached hydrogen (secondary N) is 3. The van der Waals surface area contributed by atoms with E-state index in [1.54, 1.807) is 6.20 Å². The molecule has 2 aromatic rings. The molecule has 2 aliphatic carbocycles. The number of benzene rings is 1. The van der Waals surface area contributed by atoms with Crippen molar-refractivity contribution in [3.05, 3.63) is 49.2 Å². The predicted octanol–water partition coefficient (Wildman–Crippen LogP) is 3.36. The molecule has 5 rings (SSSR count). The minimum atomic E-state index is -3.87. The third kappa shape index (κ3) is 7.66. The van der Waals surface area contributed by atoms with Crippen LogP contribution in [-0.4, -0.2) is 77.5 Å². The first-order valence-electron chi connectivity index (χ1n) is 16.8. The van der Waals surface area contributed by atoms with Crippen LogP contribution in [0.4, 0.5) is 0 Å². The highest BCUT2D eigenvalue weighted by atomic mass is 32.2. The number of likely N-dealkylation sites (tertiary alicyclic amines) is 1. The van der Waals surface area contributed by atoms with Gasteiger partial charge in [-0.3, -0.25) is 23.9 Å². The zero-order valence-electron chi connectivity index (χ0n) is 28.2. The molecule has 1 aromatic heterocycles. The van der Waals surface area contributed by atoms with Crippen molar-refractivity contribution in [1.29, 1.82) is 0 Å². The predicted molar refractivity (Wildman–Crippen MR) is 181 cm³/mol. The molecule has 12 nitrogen and oxygen atoms in total. The van der Waals surface area contributed by atoms with Crippen molar-refractivity contribution in [3.63, 3.8) is 0 Å². The largest absolute Gasteiger partial charge is 0.472 e. The fraction of sp³-hybridized carbons (Fsp3) is 0.571. The molecule has 5 atom stereocenters. The number of hydrogen-bond donors (Lipinski definition) is 3. The van der Waals surface area contributed by atoms with Crippen LogP contribution in [-0.2, 0) is 29.2 Å². The summed E-state index contributed by atoms with van der Waals surface area (Å²) in [4.78, 5) is 60.7. The third-order valence-electron chi connectivity index (χ3n) is 9.44. The Hall–Kier alpha value is -4.00. The van der Waals surface area contributed by atoms with E-state index in [-0.39, 0.29) is 31.7 Å². The van der Waals surface area contributed by atoms with E-state index < -0.39 is 68.1 Å². The van der Waals surface area contributed by atoms with Gasteiger partial charge in [-0.2, -0.15) is 0 Å². The molecule has 0 radical (unpaired) electrons. The second-order valence-corrected chi connectivity index (χ2v) is 16.3. The van der Waals surface area contributed by atoms with Crippen LogP contribution in [0.15, 0.2) is 49.2 Å². The van der Waals surface area contributed by atoms with Crippen LogP contribution in [0.5, 0.6) is 5.88 Å². The molecule has 4 amide bonds. The molecule has 48 heavy (non-hydrogen) atoms. The summed E-state index contributed by atoms with van der Waals surface area (Å²) in [7, 11) is -3.87. The van der Waals surface area contributed by atoms with Crippen LogP contribution < -0.4 is 20.1 Å². The van der Waals surface area contributed by atoms with Crippen LogP contribution >= 0.6 is 0 Å². The molecule has 0 bridgehead atoms. The lowest BCUT2D eigenvalue weighted by Gasteiger charge is -2.35. The Kier molecular flexibility index (Phi) is 10.2. The van der Waals surface area contributed by atoms with Gasteiger partial charge in [0.15, 0.2) is 0 Å². The number of aromatic nitrogens is 1. The normalized spacial score (nSPS) is 24.4. The fourth-order valence-corrected chi connectivity index (χ4v) is 7.68. The topological polar surface area (TPSA) is 164 Å². The van der Waals surface area contributed by atoms with Gasteiger partial charge >= 0.3 is 0 Å². The summed E-state index contributed by atoms with van der Waals surface area (Å²) in [6.07, 6.45) is 6.53. The lowest BCUT2D eigenvalue weighted by atomic mass is 9.85. The van der Waals surface area contributed by atoms with Crippen molar-refractivity contribution in [2.45, 2.75) is 108 Å². The van der Waals surface area contributed by atoms with Crippen molar-refractivity contribution in [3.8, 4) is 5.88 Å². The number of rotatable bonds is 14. The van der Waals surface area contributed by atoms with Crippen LogP contribution in [0, 0.1) is 11.3 Å². The van der Waals surface area contributed by atoms with E-state index in [4.69, 9.17) is 4.74 Å². The molecule has 3 N–H and O–H groups in total. The summed E-state index contributed by atoms with van der Waals surface area (Å²) in [5.41, 5.74) is -2.21. The SMILES string of the molecule is C=C[C@@H]1C[C@]1(NC(=O)[C@@H]1C[C@@H](Oc2nccc3ccccc23)CN1C(=O)[C@@H](NC(=O)CCCCC)C(C)(C)C)C(=O)NS(=O)(=O)C1CC1.